The van der Waals surface area contributed by atoms with Crippen LogP contribution in [0.15, 0.2) is 24.4 Å². The lowest BCUT2D eigenvalue weighted by molar-refractivity contribution is 0.450. The fourth-order valence-electron chi connectivity index (χ4n) is 3.31. The van der Waals surface area contributed by atoms with E-state index in [1.54, 1.807) is 0 Å². The SMILES string of the molecule is Cc1cccc(C2CCc3cnc(CCN)n3C2)c1C. The monoisotopic (exact) mass is 269 g/mol. The molecule has 1 aliphatic rings. The fourth-order valence-corrected chi connectivity index (χ4v) is 3.31. The minimum Gasteiger partial charge on any atom is -0.331 e. The molecule has 0 saturated carbocycles. The molecular formula is C17H23N3. The Bertz CT molecular complexity index is 613. The Labute approximate surface area is 120 Å². The third-order valence-electron chi connectivity index (χ3n) is 4.63. The number of aryl methyl sites for hydroxylation is 2. The number of imidazole rings is 1. The summed E-state index contributed by atoms with van der Waals surface area (Å²) < 4.78 is 2.39. The molecule has 0 spiro atoms. The van der Waals surface area contributed by atoms with Crippen LogP contribution in [-0.2, 0) is 19.4 Å². The van der Waals surface area contributed by atoms with Crippen LogP contribution in [0.1, 0.15) is 40.5 Å². The van der Waals surface area contributed by atoms with Gasteiger partial charge in [-0.2, -0.15) is 0 Å². The highest BCUT2D eigenvalue weighted by atomic mass is 15.1. The van der Waals surface area contributed by atoms with Gasteiger partial charge in [-0.3, -0.25) is 0 Å². The summed E-state index contributed by atoms with van der Waals surface area (Å²) in [5, 5.41) is 0. The lowest BCUT2D eigenvalue weighted by atomic mass is 9.86. The highest BCUT2D eigenvalue weighted by Crippen LogP contribution is 2.32. The molecule has 2 N–H and O–H groups in total. The summed E-state index contributed by atoms with van der Waals surface area (Å²) >= 11 is 0. The van der Waals surface area contributed by atoms with E-state index in [0.717, 1.165) is 25.2 Å². The summed E-state index contributed by atoms with van der Waals surface area (Å²) in [4.78, 5) is 4.54. The van der Waals surface area contributed by atoms with Crippen molar-refractivity contribution >= 4 is 0 Å². The van der Waals surface area contributed by atoms with Gasteiger partial charge in [0, 0.05) is 30.8 Å². The maximum Gasteiger partial charge on any atom is 0.110 e. The van der Waals surface area contributed by atoms with Gasteiger partial charge >= 0.3 is 0 Å². The van der Waals surface area contributed by atoms with Crippen LogP contribution in [0.4, 0.5) is 0 Å². The van der Waals surface area contributed by atoms with E-state index < -0.39 is 0 Å². The van der Waals surface area contributed by atoms with E-state index in [-0.39, 0.29) is 0 Å². The van der Waals surface area contributed by atoms with Crippen LogP contribution >= 0.6 is 0 Å². The second-order valence-electron chi connectivity index (χ2n) is 5.84. The van der Waals surface area contributed by atoms with E-state index in [0.29, 0.717) is 12.5 Å². The lowest BCUT2D eigenvalue weighted by Gasteiger charge is -2.27. The van der Waals surface area contributed by atoms with Crippen molar-refractivity contribution in [2.75, 3.05) is 6.54 Å². The van der Waals surface area contributed by atoms with E-state index in [4.69, 9.17) is 5.73 Å². The van der Waals surface area contributed by atoms with Gasteiger partial charge in [0.05, 0.1) is 0 Å². The van der Waals surface area contributed by atoms with Gasteiger partial charge < -0.3 is 10.3 Å². The Morgan fingerprint density at radius 2 is 2.20 bits per heavy atom. The van der Waals surface area contributed by atoms with E-state index >= 15 is 0 Å². The molecule has 1 aromatic carbocycles. The van der Waals surface area contributed by atoms with Crippen LogP contribution < -0.4 is 5.73 Å². The molecule has 3 nitrogen and oxygen atoms in total. The maximum absolute atomic E-state index is 5.69. The van der Waals surface area contributed by atoms with Crippen LogP contribution in [0.5, 0.6) is 0 Å². The molecule has 3 rings (SSSR count). The molecule has 0 radical (unpaired) electrons. The molecule has 2 heterocycles. The molecular weight excluding hydrogens is 246 g/mol. The summed E-state index contributed by atoms with van der Waals surface area (Å²) in [5.74, 6) is 1.76. The van der Waals surface area contributed by atoms with Gasteiger partial charge in [-0.1, -0.05) is 18.2 Å². The fraction of sp³-hybridized carbons (Fsp3) is 0.471. The molecule has 2 aromatic rings. The standard InChI is InChI=1S/C17H23N3/c1-12-4-3-5-16(13(12)2)14-6-7-15-10-19-17(8-9-18)20(15)11-14/h3-5,10,14H,6-9,11,18H2,1-2H3. The number of nitrogens with zero attached hydrogens (tertiary/aromatic N) is 2. The van der Waals surface area contributed by atoms with Gasteiger partial charge in [-0.15, -0.1) is 0 Å². The maximum atomic E-state index is 5.69. The van der Waals surface area contributed by atoms with Crippen molar-refractivity contribution in [3.63, 3.8) is 0 Å². The molecule has 0 bridgehead atoms. The van der Waals surface area contributed by atoms with E-state index in [1.165, 1.54) is 28.8 Å². The second kappa shape index (κ2) is 5.41. The molecule has 106 valence electrons. The molecule has 0 aliphatic carbocycles. The van der Waals surface area contributed by atoms with Gasteiger partial charge in [0.1, 0.15) is 5.82 Å². The van der Waals surface area contributed by atoms with Crippen LogP contribution in [0.3, 0.4) is 0 Å². The first-order valence-electron chi connectivity index (χ1n) is 7.50. The largest absolute Gasteiger partial charge is 0.331 e. The van der Waals surface area contributed by atoms with Crippen molar-refractivity contribution in [3.05, 3.63) is 52.6 Å². The number of nitrogens with two attached hydrogens (primary N) is 1. The number of benzene rings is 1. The number of fused-ring (bicyclic) bond motifs is 1. The summed E-state index contributed by atoms with van der Waals surface area (Å²) in [6.45, 7) is 6.17. The first kappa shape index (κ1) is 13.4. The molecule has 1 unspecified atom stereocenters. The molecule has 0 amide bonds. The van der Waals surface area contributed by atoms with Crippen LogP contribution in [0.2, 0.25) is 0 Å². The molecule has 3 heteroatoms. The van der Waals surface area contributed by atoms with E-state index in [1.807, 2.05) is 6.20 Å². The average Bonchev–Trinajstić information content (AvgIpc) is 2.85. The quantitative estimate of drug-likeness (QED) is 0.931. The Kier molecular flexibility index (Phi) is 3.62. The molecule has 0 fully saturated rings. The van der Waals surface area contributed by atoms with Gasteiger partial charge in [0.2, 0.25) is 0 Å². The van der Waals surface area contributed by atoms with E-state index in [2.05, 4.69) is 41.6 Å². The van der Waals surface area contributed by atoms with E-state index in [9.17, 15) is 0 Å². The van der Waals surface area contributed by atoms with Gasteiger partial charge in [-0.25, -0.2) is 4.98 Å². The topological polar surface area (TPSA) is 43.8 Å². The third kappa shape index (κ3) is 2.27. The summed E-state index contributed by atoms with van der Waals surface area (Å²) in [6.07, 6.45) is 5.25. The van der Waals surface area contributed by atoms with Crippen molar-refractivity contribution in [2.45, 2.75) is 45.6 Å². The lowest BCUT2D eigenvalue weighted by Crippen LogP contribution is -2.22. The molecule has 20 heavy (non-hydrogen) atoms. The second-order valence-corrected chi connectivity index (χ2v) is 5.84. The van der Waals surface area contributed by atoms with Crippen LogP contribution in [0.25, 0.3) is 0 Å². The van der Waals surface area contributed by atoms with Crippen LogP contribution in [0, 0.1) is 13.8 Å². The predicted octanol–water partition coefficient (Wildman–Crippen LogP) is 2.73. The summed E-state index contributed by atoms with van der Waals surface area (Å²) in [6, 6.07) is 6.67. The number of aromatic nitrogens is 2. The Balaban J connectivity index is 1.91. The highest BCUT2D eigenvalue weighted by molar-refractivity contribution is 5.36. The normalized spacial score (nSPS) is 18.1. The molecule has 1 aromatic heterocycles. The average molecular weight is 269 g/mol. The number of hydrogen-bond donors (Lipinski definition) is 1. The zero-order valence-corrected chi connectivity index (χ0v) is 12.4. The highest BCUT2D eigenvalue weighted by Gasteiger charge is 2.23. The Morgan fingerprint density at radius 1 is 1.35 bits per heavy atom. The molecule has 1 aliphatic heterocycles. The Morgan fingerprint density at radius 3 is 3.00 bits per heavy atom. The van der Waals surface area contributed by atoms with Gasteiger partial charge in [0.15, 0.2) is 0 Å². The smallest absolute Gasteiger partial charge is 0.110 e. The van der Waals surface area contributed by atoms with Crippen molar-refractivity contribution in [2.24, 2.45) is 5.73 Å². The van der Waals surface area contributed by atoms with Gasteiger partial charge in [0.25, 0.3) is 0 Å². The third-order valence-corrected chi connectivity index (χ3v) is 4.63. The number of rotatable bonds is 3. The van der Waals surface area contributed by atoms with Crippen molar-refractivity contribution in [1.29, 1.82) is 0 Å². The summed E-state index contributed by atoms with van der Waals surface area (Å²) in [5.41, 5.74) is 11.4. The minimum absolute atomic E-state index is 0.605. The number of hydrogen-bond acceptors (Lipinski definition) is 2. The summed E-state index contributed by atoms with van der Waals surface area (Å²) in [7, 11) is 0. The first-order chi connectivity index (χ1) is 9.70. The minimum atomic E-state index is 0.605. The van der Waals surface area contributed by atoms with Crippen molar-refractivity contribution in [3.8, 4) is 0 Å². The molecule has 1 atom stereocenters. The zero-order chi connectivity index (χ0) is 14.1. The predicted molar refractivity (Wildman–Crippen MR) is 82.0 cm³/mol. The zero-order valence-electron chi connectivity index (χ0n) is 12.4. The van der Waals surface area contributed by atoms with Gasteiger partial charge in [-0.05, 0) is 49.9 Å². The molecule has 0 saturated heterocycles. The first-order valence-corrected chi connectivity index (χ1v) is 7.50. The van der Waals surface area contributed by atoms with Crippen LogP contribution in [-0.4, -0.2) is 16.1 Å². The van der Waals surface area contributed by atoms with Crippen molar-refractivity contribution in [1.82, 2.24) is 9.55 Å². The van der Waals surface area contributed by atoms with Crippen molar-refractivity contribution < 1.29 is 0 Å². The Hall–Kier alpha value is -1.61.